The monoisotopic (exact) mass is 257 g/mol. The summed E-state index contributed by atoms with van der Waals surface area (Å²) in [5, 5.41) is 11.9. The molecule has 1 heterocycles. The number of piperidine rings is 1. The number of rotatable bonds is 3. The number of aliphatic hydroxyl groups excluding tert-OH is 1. The molecule has 0 radical (unpaired) electrons. The second kappa shape index (κ2) is 4.58. The van der Waals surface area contributed by atoms with Gasteiger partial charge < -0.3 is 5.11 Å². The summed E-state index contributed by atoms with van der Waals surface area (Å²) in [5.74, 6) is 0.000205. The van der Waals surface area contributed by atoms with E-state index >= 15 is 0 Å². The number of hydrogen-bond donors (Lipinski definition) is 1. The van der Waals surface area contributed by atoms with Gasteiger partial charge in [-0.15, -0.1) is 0 Å². The molecule has 1 fully saturated rings. The van der Waals surface area contributed by atoms with E-state index in [2.05, 4.69) is 0 Å². The van der Waals surface area contributed by atoms with Gasteiger partial charge in [-0.2, -0.15) is 5.06 Å². The number of carbonyl (C=O) groups is 1. The van der Waals surface area contributed by atoms with Crippen LogP contribution in [0.1, 0.15) is 61.3 Å². The second-order valence-electron chi connectivity index (χ2n) is 7.14. The Morgan fingerprint density at radius 1 is 1.22 bits per heavy atom. The minimum atomic E-state index is -0.836. The SMILES string of the molecule is CC(=O)C(C)(C)ON1C(C)(C)CC(O)CC1(C)C. The van der Waals surface area contributed by atoms with Gasteiger partial charge in [0.1, 0.15) is 5.60 Å². The van der Waals surface area contributed by atoms with Crippen molar-refractivity contribution in [2.24, 2.45) is 0 Å². The summed E-state index contributed by atoms with van der Waals surface area (Å²) in [6.07, 6.45) is 0.963. The lowest BCUT2D eigenvalue weighted by molar-refractivity contribution is -0.327. The zero-order valence-corrected chi connectivity index (χ0v) is 12.7. The highest BCUT2D eigenvalue weighted by molar-refractivity contribution is 5.83. The van der Waals surface area contributed by atoms with Gasteiger partial charge in [0.05, 0.1) is 6.10 Å². The summed E-state index contributed by atoms with van der Waals surface area (Å²) in [6.45, 7) is 13.2. The minimum absolute atomic E-state index is 0.000205. The third kappa shape index (κ3) is 3.11. The smallest absolute Gasteiger partial charge is 0.163 e. The lowest BCUT2D eigenvalue weighted by Gasteiger charge is -2.54. The van der Waals surface area contributed by atoms with Crippen LogP contribution in [0.4, 0.5) is 0 Å². The maximum absolute atomic E-state index is 11.6. The Bertz CT molecular complexity index is 316. The molecule has 106 valence electrons. The summed E-state index contributed by atoms with van der Waals surface area (Å²) >= 11 is 0. The van der Waals surface area contributed by atoms with Gasteiger partial charge in [-0.05, 0) is 61.3 Å². The van der Waals surface area contributed by atoms with Crippen molar-refractivity contribution in [3.63, 3.8) is 0 Å². The number of carbonyl (C=O) groups excluding carboxylic acids is 1. The van der Waals surface area contributed by atoms with Crippen molar-refractivity contribution in [3.8, 4) is 0 Å². The largest absolute Gasteiger partial charge is 0.393 e. The van der Waals surface area contributed by atoms with E-state index in [4.69, 9.17) is 4.84 Å². The van der Waals surface area contributed by atoms with Gasteiger partial charge >= 0.3 is 0 Å². The Morgan fingerprint density at radius 3 is 1.94 bits per heavy atom. The average Bonchev–Trinajstić information content (AvgIpc) is 2.09. The van der Waals surface area contributed by atoms with Gasteiger partial charge in [0.25, 0.3) is 0 Å². The first-order chi connectivity index (χ1) is 7.88. The number of hydroxylamine groups is 2. The zero-order valence-electron chi connectivity index (χ0n) is 12.7. The number of aliphatic hydroxyl groups is 1. The lowest BCUT2D eigenvalue weighted by atomic mass is 9.80. The Balaban J connectivity index is 3.00. The molecule has 0 amide bonds. The summed E-state index contributed by atoms with van der Waals surface area (Å²) < 4.78 is 0. The van der Waals surface area contributed by atoms with Gasteiger partial charge in [-0.25, -0.2) is 0 Å². The third-order valence-corrected chi connectivity index (χ3v) is 3.74. The molecule has 1 N–H and O–H groups in total. The number of nitrogens with zero attached hydrogens (tertiary/aromatic N) is 1. The molecular weight excluding hydrogens is 230 g/mol. The molecule has 0 unspecified atom stereocenters. The van der Waals surface area contributed by atoms with Crippen LogP contribution in [0, 0.1) is 0 Å². The molecule has 4 nitrogen and oxygen atoms in total. The van der Waals surface area contributed by atoms with Gasteiger partial charge in [0.15, 0.2) is 5.78 Å². The highest BCUT2D eigenvalue weighted by atomic mass is 16.7. The van der Waals surface area contributed by atoms with Crippen molar-refractivity contribution in [1.82, 2.24) is 5.06 Å². The standard InChI is InChI=1S/C14H27NO3/c1-10(16)14(6,7)18-15-12(2,3)8-11(17)9-13(15,4)5/h11,17H,8-9H2,1-7H3. The minimum Gasteiger partial charge on any atom is -0.393 e. The van der Waals surface area contributed by atoms with Crippen molar-refractivity contribution in [2.75, 3.05) is 0 Å². The summed E-state index contributed by atoms with van der Waals surface area (Å²) in [6, 6.07) is 0. The highest BCUT2D eigenvalue weighted by Crippen LogP contribution is 2.40. The number of ketones is 1. The molecule has 1 aliphatic heterocycles. The van der Waals surface area contributed by atoms with E-state index in [1.807, 2.05) is 32.8 Å². The predicted octanol–water partition coefficient (Wildman–Crippen LogP) is 2.30. The molecule has 0 aromatic heterocycles. The van der Waals surface area contributed by atoms with Gasteiger partial charge in [0.2, 0.25) is 0 Å². The van der Waals surface area contributed by atoms with Crippen LogP contribution in [0.5, 0.6) is 0 Å². The average molecular weight is 257 g/mol. The molecule has 1 rings (SSSR count). The molecule has 0 saturated carbocycles. The van der Waals surface area contributed by atoms with E-state index in [0.717, 1.165) is 0 Å². The molecule has 1 aliphatic rings. The Hall–Kier alpha value is -0.450. The fraction of sp³-hybridized carbons (Fsp3) is 0.929. The van der Waals surface area contributed by atoms with Crippen LogP contribution in [-0.4, -0.2) is 38.7 Å². The van der Waals surface area contributed by atoms with E-state index in [1.54, 1.807) is 20.8 Å². The first-order valence-corrected chi connectivity index (χ1v) is 6.57. The molecule has 0 spiro atoms. The lowest BCUT2D eigenvalue weighted by Crippen LogP contribution is -2.64. The van der Waals surface area contributed by atoms with Crippen LogP contribution in [0.2, 0.25) is 0 Å². The first kappa shape index (κ1) is 15.6. The van der Waals surface area contributed by atoms with E-state index in [-0.39, 0.29) is 23.0 Å². The Labute approximate surface area is 110 Å². The Morgan fingerprint density at radius 2 is 1.61 bits per heavy atom. The third-order valence-electron chi connectivity index (χ3n) is 3.74. The normalized spacial score (nSPS) is 25.1. The van der Waals surface area contributed by atoms with Crippen molar-refractivity contribution in [2.45, 2.75) is 84.1 Å². The molecule has 0 aromatic rings. The van der Waals surface area contributed by atoms with Crippen molar-refractivity contribution >= 4 is 5.78 Å². The topological polar surface area (TPSA) is 49.8 Å². The van der Waals surface area contributed by atoms with Gasteiger partial charge in [0, 0.05) is 11.1 Å². The molecule has 0 aliphatic carbocycles. The maximum Gasteiger partial charge on any atom is 0.163 e. The van der Waals surface area contributed by atoms with Crippen molar-refractivity contribution in [1.29, 1.82) is 0 Å². The first-order valence-electron chi connectivity index (χ1n) is 6.57. The van der Waals surface area contributed by atoms with Crippen molar-refractivity contribution < 1.29 is 14.7 Å². The zero-order chi connectivity index (χ0) is 14.4. The highest BCUT2D eigenvalue weighted by Gasteiger charge is 2.48. The summed E-state index contributed by atoms with van der Waals surface area (Å²) in [7, 11) is 0. The quantitative estimate of drug-likeness (QED) is 0.843. The summed E-state index contributed by atoms with van der Waals surface area (Å²) in [4.78, 5) is 17.6. The fourth-order valence-electron chi connectivity index (χ4n) is 2.75. The van der Waals surface area contributed by atoms with Crippen LogP contribution in [0.3, 0.4) is 0 Å². The molecule has 0 bridgehead atoms. The van der Waals surface area contributed by atoms with E-state index in [0.29, 0.717) is 12.8 Å². The molecule has 4 heteroatoms. The molecular formula is C14H27NO3. The van der Waals surface area contributed by atoms with E-state index < -0.39 is 5.60 Å². The Kier molecular flexibility index (Phi) is 3.97. The maximum atomic E-state index is 11.6. The van der Waals surface area contributed by atoms with Crippen molar-refractivity contribution in [3.05, 3.63) is 0 Å². The number of Topliss-reactive ketones (excluding diaryl/α,β-unsaturated/α-hetero) is 1. The van der Waals surface area contributed by atoms with E-state index in [9.17, 15) is 9.90 Å². The van der Waals surface area contributed by atoms with E-state index in [1.165, 1.54) is 0 Å². The summed E-state index contributed by atoms with van der Waals surface area (Å²) in [5.41, 5.74) is -1.43. The van der Waals surface area contributed by atoms with Crippen LogP contribution >= 0.6 is 0 Å². The predicted molar refractivity (Wildman–Crippen MR) is 71.1 cm³/mol. The van der Waals surface area contributed by atoms with Gasteiger partial charge in [-0.1, -0.05) is 0 Å². The molecule has 1 saturated heterocycles. The van der Waals surface area contributed by atoms with Crippen LogP contribution < -0.4 is 0 Å². The number of hydrogen-bond acceptors (Lipinski definition) is 4. The fourth-order valence-corrected chi connectivity index (χ4v) is 2.75. The molecule has 0 aromatic carbocycles. The molecule has 0 atom stereocenters. The van der Waals surface area contributed by atoms with Crippen LogP contribution in [0.25, 0.3) is 0 Å². The molecule has 18 heavy (non-hydrogen) atoms. The van der Waals surface area contributed by atoms with Gasteiger partial charge in [-0.3, -0.25) is 9.63 Å². The van der Waals surface area contributed by atoms with Crippen LogP contribution in [0.15, 0.2) is 0 Å². The van der Waals surface area contributed by atoms with Crippen LogP contribution in [-0.2, 0) is 9.63 Å². The second-order valence-corrected chi connectivity index (χ2v) is 7.14.